The van der Waals surface area contributed by atoms with Gasteiger partial charge in [-0.05, 0) is 18.1 Å². The first-order chi connectivity index (χ1) is 10.3. The minimum atomic E-state index is -1.16. The SMILES string of the molecule is CC(C)C(NC(=O)/C(C#N)=C\Nc1ccc(Cl)cn1)C(=O)O. The van der Waals surface area contributed by atoms with Crippen LogP contribution in [0.5, 0.6) is 0 Å². The van der Waals surface area contributed by atoms with E-state index in [2.05, 4.69) is 15.6 Å². The number of carboxylic acid groups (broad SMARTS) is 1. The number of hydrogen-bond donors (Lipinski definition) is 3. The third kappa shape index (κ3) is 5.07. The molecule has 8 heteroatoms. The first-order valence-corrected chi connectivity index (χ1v) is 6.75. The molecule has 0 saturated carbocycles. The van der Waals surface area contributed by atoms with Crippen LogP contribution in [0.2, 0.25) is 5.02 Å². The zero-order chi connectivity index (χ0) is 16.7. The Bertz CT molecular complexity index is 620. The third-order valence-corrected chi connectivity index (χ3v) is 2.90. The zero-order valence-corrected chi connectivity index (χ0v) is 12.8. The summed E-state index contributed by atoms with van der Waals surface area (Å²) in [5.74, 6) is -1.85. The molecule has 0 radical (unpaired) electrons. The number of aliphatic carboxylic acids is 1. The lowest BCUT2D eigenvalue weighted by Gasteiger charge is -2.17. The number of nitrogens with zero attached hydrogens (tertiary/aromatic N) is 2. The highest BCUT2D eigenvalue weighted by Gasteiger charge is 2.24. The van der Waals surface area contributed by atoms with Crippen LogP contribution < -0.4 is 10.6 Å². The van der Waals surface area contributed by atoms with Crippen molar-refractivity contribution in [2.45, 2.75) is 19.9 Å². The minimum Gasteiger partial charge on any atom is -0.480 e. The van der Waals surface area contributed by atoms with Crippen molar-refractivity contribution in [3.8, 4) is 6.07 Å². The molecule has 0 bridgehead atoms. The van der Waals surface area contributed by atoms with Crippen LogP contribution in [0.15, 0.2) is 30.1 Å². The number of carbonyl (C=O) groups is 2. The fourth-order valence-electron chi connectivity index (χ4n) is 1.49. The van der Waals surface area contributed by atoms with Gasteiger partial charge in [-0.3, -0.25) is 4.79 Å². The van der Waals surface area contributed by atoms with Gasteiger partial charge in [-0.25, -0.2) is 9.78 Å². The van der Waals surface area contributed by atoms with Gasteiger partial charge < -0.3 is 15.7 Å². The highest BCUT2D eigenvalue weighted by Crippen LogP contribution is 2.10. The molecule has 3 N–H and O–H groups in total. The van der Waals surface area contributed by atoms with Gasteiger partial charge in [0.2, 0.25) is 0 Å². The molecule has 1 aromatic heterocycles. The number of carboxylic acids is 1. The summed E-state index contributed by atoms with van der Waals surface area (Å²) in [7, 11) is 0. The maximum atomic E-state index is 11.9. The molecule has 0 aliphatic carbocycles. The number of amides is 1. The molecule has 0 fully saturated rings. The predicted octanol–water partition coefficient (Wildman–Crippen LogP) is 1.78. The van der Waals surface area contributed by atoms with Crippen molar-refractivity contribution in [2.75, 3.05) is 5.32 Å². The number of aromatic nitrogens is 1. The van der Waals surface area contributed by atoms with Crippen LogP contribution in [0, 0.1) is 17.2 Å². The van der Waals surface area contributed by atoms with Gasteiger partial charge in [-0.15, -0.1) is 0 Å². The smallest absolute Gasteiger partial charge is 0.326 e. The van der Waals surface area contributed by atoms with Crippen molar-refractivity contribution in [1.82, 2.24) is 10.3 Å². The second-order valence-corrected chi connectivity index (χ2v) is 5.15. The van der Waals surface area contributed by atoms with E-state index in [1.165, 1.54) is 6.20 Å². The summed E-state index contributed by atoms with van der Waals surface area (Å²) in [6.45, 7) is 3.31. The van der Waals surface area contributed by atoms with Crippen molar-refractivity contribution >= 4 is 29.3 Å². The van der Waals surface area contributed by atoms with E-state index in [-0.39, 0.29) is 11.5 Å². The molecule has 7 nitrogen and oxygen atoms in total. The Morgan fingerprint density at radius 3 is 2.59 bits per heavy atom. The van der Waals surface area contributed by atoms with Crippen LogP contribution in [-0.4, -0.2) is 28.0 Å². The number of nitriles is 1. The van der Waals surface area contributed by atoms with E-state index in [1.54, 1.807) is 32.0 Å². The van der Waals surface area contributed by atoms with E-state index >= 15 is 0 Å². The summed E-state index contributed by atoms with van der Waals surface area (Å²) in [4.78, 5) is 26.9. The largest absolute Gasteiger partial charge is 0.480 e. The highest BCUT2D eigenvalue weighted by molar-refractivity contribution is 6.30. The summed E-state index contributed by atoms with van der Waals surface area (Å²) in [5.41, 5.74) is -0.261. The molecule has 1 amide bonds. The van der Waals surface area contributed by atoms with Crippen LogP contribution in [0.4, 0.5) is 5.82 Å². The number of halogens is 1. The standard InChI is InChI=1S/C14H15ClN4O3/c1-8(2)12(14(21)22)19-13(20)9(5-16)6-17-11-4-3-10(15)7-18-11/h3-4,6-8,12H,1-2H3,(H,17,18)(H,19,20)(H,21,22)/b9-6-. The predicted molar refractivity (Wildman–Crippen MR) is 81.0 cm³/mol. The maximum Gasteiger partial charge on any atom is 0.326 e. The Kier molecular flexibility index (Phi) is 6.35. The first kappa shape index (κ1) is 17.5. The van der Waals surface area contributed by atoms with E-state index in [1.807, 2.05) is 0 Å². The number of hydrogen-bond acceptors (Lipinski definition) is 5. The van der Waals surface area contributed by atoms with E-state index in [0.717, 1.165) is 6.20 Å². The fraction of sp³-hybridized carbons (Fsp3) is 0.286. The second-order valence-electron chi connectivity index (χ2n) is 4.71. The lowest BCUT2D eigenvalue weighted by molar-refractivity contribution is -0.142. The Morgan fingerprint density at radius 1 is 1.45 bits per heavy atom. The van der Waals surface area contributed by atoms with Crippen LogP contribution in [0.25, 0.3) is 0 Å². The van der Waals surface area contributed by atoms with E-state index < -0.39 is 17.9 Å². The molecule has 1 rings (SSSR count). The van der Waals surface area contributed by atoms with Gasteiger partial charge in [0.15, 0.2) is 0 Å². The van der Waals surface area contributed by atoms with Crippen LogP contribution in [0.3, 0.4) is 0 Å². The van der Waals surface area contributed by atoms with Crippen molar-refractivity contribution in [3.63, 3.8) is 0 Å². The molecule has 0 aliphatic heterocycles. The Balaban J connectivity index is 2.80. The molecule has 1 atom stereocenters. The molecule has 0 aliphatic rings. The average molecular weight is 323 g/mol. The number of anilines is 1. The summed E-state index contributed by atoms with van der Waals surface area (Å²) in [5, 5.41) is 23.5. The fourth-order valence-corrected chi connectivity index (χ4v) is 1.60. The van der Waals surface area contributed by atoms with Crippen molar-refractivity contribution in [2.24, 2.45) is 5.92 Å². The molecular weight excluding hydrogens is 308 g/mol. The Labute approximate surface area is 132 Å². The molecule has 116 valence electrons. The van der Waals surface area contributed by atoms with Crippen LogP contribution in [0.1, 0.15) is 13.8 Å². The van der Waals surface area contributed by atoms with Gasteiger partial charge in [0.05, 0.1) is 5.02 Å². The molecule has 1 aromatic rings. The van der Waals surface area contributed by atoms with Crippen LogP contribution in [-0.2, 0) is 9.59 Å². The molecule has 22 heavy (non-hydrogen) atoms. The van der Waals surface area contributed by atoms with Crippen LogP contribution >= 0.6 is 11.6 Å². The molecule has 0 spiro atoms. The number of pyridine rings is 1. The number of carbonyl (C=O) groups excluding carboxylic acids is 1. The molecule has 0 saturated heterocycles. The van der Waals surface area contributed by atoms with Gasteiger partial charge in [0.1, 0.15) is 23.5 Å². The molecular formula is C14H15ClN4O3. The summed E-state index contributed by atoms with van der Waals surface area (Å²) in [6.07, 6.45) is 2.56. The molecule has 1 heterocycles. The zero-order valence-electron chi connectivity index (χ0n) is 12.0. The number of rotatable bonds is 6. The summed E-state index contributed by atoms with van der Waals surface area (Å²) in [6, 6.07) is 3.80. The van der Waals surface area contributed by atoms with Crippen molar-refractivity contribution < 1.29 is 14.7 Å². The summed E-state index contributed by atoms with van der Waals surface area (Å²) >= 11 is 5.69. The minimum absolute atomic E-state index is 0.261. The van der Waals surface area contributed by atoms with Gasteiger partial charge in [-0.1, -0.05) is 25.4 Å². The third-order valence-electron chi connectivity index (χ3n) is 2.68. The van der Waals surface area contributed by atoms with Crippen molar-refractivity contribution in [1.29, 1.82) is 5.26 Å². The van der Waals surface area contributed by atoms with Gasteiger partial charge >= 0.3 is 5.97 Å². The van der Waals surface area contributed by atoms with Gasteiger partial charge in [0, 0.05) is 12.4 Å². The van der Waals surface area contributed by atoms with Crippen molar-refractivity contribution in [3.05, 3.63) is 35.1 Å². The van der Waals surface area contributed by atoms with E-state index in [4.69, 9.17) is 22.0 Å². The maximum absolute atomic E-state index is 11.9. The number of nitrogens with one attached hydrogen (secondary N) is 2. The normalized spacial score (nSPS) is 12.4. The average Bonchev–Trinajstić information content (AvgIpc) is 2.46. The quantitative estimate of drug-likeness (QED) is 0.543. The lowest BCUT2D eigenvalue weighted by Crippen LogP contribution is -2.44. The monoisotopic (exact) mass is 322 g/mol. The first-order valence-electron chi connectivity index (χ1n) is 6.37. The molecule has 1 unspecified atom stereocenters. The highest BCUT2D eigenvalue weighted by atomic mass is 35.5. The Morgan fingerprint density at radius 2 is 2.14 bits per heavy atom. The lowest BCUT2D eigenvalue weighted by atomic mass is 10.0. The summed E-state index contributed by atoms with van der Waals surface area (Å²) < 4.78 is 0. The second kappa shape index (κ2) is 8.00. The van der Waals surface area contributed by atoms with E-state index in [0.29, 0.717) is 10.8 Å². The van der Waals surface area contributed by atoms with Gasteiger partial charge in [-0.2, -0.15) is 5.26 Å². The molecule has 0 aromatic carbocycles. The Hall–Kier alpha value is -2.59. The van der Waals surface area contributed by atoms with E-state index in [9.17, 15) is 9.59 Å². The topological polar surface area (TPSA) is 115 Å². The van der Waals surface area contributed by atoms with Gasteiger partial charge in [0.25, 0.3) is 5.91 Å².